The summed E-state index contributed by atoms with van der Waals surface area (Å²) in [5.41, 5.74) is 1.61. The Bertz CT molecular complexity index is 668. The van der Waals surface area contributed by atoms with Crippen LogP contribution in [0.2, 0.25) is 5.02 Å². The van der Waals surface area contributed by atoms with Gasteiger partial charge >= 0.3 is 0 Å². The zero-order valence-electron chi connectivity index (χ0n) is 11.7. The van der Waals surface area contributed by atoms with Gasteiger partial charge in [-0.05, 0) is 42.5 Å². The molecule has 4 nitrogen and oxygen atoms in total. The second-order valence-electron chi connectivity index (χ2n) is 4.44. The van der Waals surface area contributed by atoms with Gasteiger partial charge in [-0.15, -0.1) is 0 Å². The normalized spacial score (nSPS) is 10.0. The zero-order chi connectivity index (χ0) is 15.4. The standard InChI is InChI=1S/C16H14ClNO3/c1-18(10-19)13-6-3-11(4-7-13)16(20)14-9-12(17)5-8-15(14)21-2/h3-10H,1-2H3. The maximum absolute atomic E-state index is 12.5. The molecule has 0 aliphatic rings. The molecule has 0 heterocycles. The van der Waals surface area contributed by atoms with E-state index in [4.69, 9.17) is 16.3 Å². The van der Waals surface area contributed by atoms with Crippen molar-refractivity contribution in [1.29, 1.82) is 0 Å². The third kappa shape index (κ3) is 3.23. The van der Waals surface area contributed by atoms with Crippen molar-refractivity contribution in [1.82, 2.24) is 0 Å². The zero-order valence-corrected chi connectivity index (χ0v) is 12.4. The molecule has 0 aliphatic carbocycles. The van der Waals surface area contributed by atoms with Gasteiger partial charge in [0, 0.05) is 23.3 Å². The summed E-state index contributed by atoms with van der Waals surface area (Å²) >= 11 is 5.94. The number of ether oxygens (including phenoxy) is 1. The van der Waals surface area contributed by atoms with E-state index in [2.05, 4.69) is 0 Å². The van der Waals surface area contributed by atoms with Crippen LogP contribution < -0.4 is 9.64 Å². The van der Waals surface area contributed by atoms with E-state index in [0.717, 1.165) is 0 Å². The number of carbonyl (C=O) groups is 2. The maximum atomic E-state index is 12.5. The Morgan fingerprint density at radius 2 is 1.86 bits per heavy atom. The number of hydrogen-bond acceptors (Lipinski definition) is 3. The maximum Gasteiger partial charge on any atom is 0.213 e. The lowest BCUT2D eigenvalue weighted by molar-refractivity contribution is -0.107. The summed E-state index contributed by atoms with van der Waals surface area (Å²) in [7, 11) is 3.14. The van der Waals surface area contributed by atoms with Gasteiger partial charge in [0.1, 0.15) is 5.75 Å². The molecule has 0 bridgehead atoms. The number of methoxy groups -OCH3 is 1. The van der Waals surface area contributed by atoms with Crippen molar-refractivity contribution in [3.05, 3.63) is 58.6 Å². The molecule has 21 heavy (non-hydrogen) atoms. The lowest BCUT2D eigenvalue weighted by Gasteiger charge is -2.12. The highest BCUT2D eigenvalue weighted by atomic mass is 35.5. The van der Waals surface area contributed by atoms with Crippen molar-refractivity contribution in [3.8, 4) is 5.75 Å². The Labute approximate surface area is 127 Å². The Balaban J connectivity index is 2.36. The fourth-order valence-electron chi connectivity index (χ4n) is 1.92. The predicted molar refractivity (Wildman–Crippen MR) is 82.3 cm³/mol. The minimum Gasteiger partial charge on any atom is -0.496 e. The number of carbonyl (C=O) groups excluding carboxylic acids is 2. The van der Waals surface area contributed by atoms with Gasteiger partial charge in [0.25, 0.3) is 0 Å². The Morgan fingerprint density at radius 1 is 1.19 bits per heavy atom. The molecule has 5 heteroatoms. The van der Waals surface area contributed by atoms with E-state index >= 15 is 0 Å². The first kappa shape index (κ1) is 15.1. The van der Waals surface area contributed by atoms with Gasteiger partial charge in [0.2, 0.25) is 6.41 Å². The molecule has 0 N–H and O–H groups in total. The average Bonchev–Trinajstić information content (AvgIpc) is 2.53. The number of hydrogen-bond donors (Lipinski definition) is 0. The van der Waals surface area contributed by atoms with E-state index in [1.54, 1.807) is 49.5 Å². The topological polar surface area (TPSA) is 46.6 Å². The van der Waals surface area contributed by atoms with E-state index < -0.39 is 0 Å². The number of nitrogens with zero attached hydrogens (tertiary/aromatic N) is 1. The van der Waals surface area contributed by atoms with E-state index in [9.17, 15) is 9.59 Å². The van der Waals surface area contributed by atoms with Crippen molar-refractivity contribution in [3.63, 3.8) is 0 Å². The average molecular weight is 304 g/mol. The molecule has 0 radical (unpaired) electrons. The number of benzene rings is 2. The first-order valence-corrected chi connectivity index (χ1v) is 6.61. The third-order valence-corrected chi connectivity index (χ3v) is 3.34. The smallest absolute Gasteiger partial charge is 0.213 e. The number of rotatable bonds is 5. The van der Waals surface area contributed by atoms with E-state index in [0.29, 0.717) is 34.0 Å². The summed E-state index contributed by atoms with van der Waals surface area (Å²) in [6, 6.07) is 11.6. The van der Waals surface area contributed by atoms with Crippen molar-refractivity contribution in [2.45, 2.75) is 0 Å². The van der Waals surface area contributed by atoms with Crippen LogP contribution in [0.1, 0.15) is 15.9 Å². The minimum atomic E-state index is -0.186. The van der Waals surface area contributed by atoms with Crippen LogP contribution in [0, 0.1) is 0 Å². The van der Waals surface area contributed by atoms with Crippen LogP contribution in [-0.4, -0.2) is 26.4 Å². The molecule has 0 aliphatic heterocycles. The Hall–Kier alpha value is -2.33. The molecular formula is C16H14ClNO3. The molecule has 0 aromatic heterocycles. The molecule has 0 spiro atoms. The fourth-order valence-corrected chi connectivity index (χ4v) is 2.09. The van der Waals surface area contributed by atoms with Gasteiger partial charge in [0.05, 0.1) is 12.7 Å². The molecule has 1 amide bonds. The molecular weight excluding hydrogens is 290 g/mol. The number of amides is 1. The van der Waals surface area contributed by atoms with E-state index in [1.165, 1.54) is 12.0 Å². The summed E-state index contributed by atoms with van der Waals surface area (Å²) in [5.74, 6) is 0.285. The summed E-state index contributed by atoms with van der Waals surface area (Å²) in [6.45, 7) is 0. The molecule has 0 saturated heterocycles. The summed E-state index contributed by atoms with van der Waals surface area (Å²) in [6.07, 6.45) is 0.705. The number of halogens is 1. The first-order chi connectivity index (χ1) is 10.1. The van der Waals surface area contributed by atoms with Crippen LogP contribution >= 0.6 is 11.6 Å². The molecule has 0 fully saturated rings. The highest BCUT2D eigenvalue weighted by Crippen LogP contribution is 2.26. The lowest BCUT2D eigenvalue weighted by atomic mass is 10.0. The fraction of sp³-hybridized carbons (Fsp3) is 0.125. The van der Waals surface area contributed by atoms with E-state index in [-0.39, 0.29) is 5.78 Å². The molecule has 2 aromatic carbocycles. The highest BCUT2D eigenvalue weighted by Gasteiger charge is 2.15. The van der Waals surface area contributed by atoms with Crippen LogP contribution in [0.25, 0.3) is 0 Å². The summed E-state index contributed by atoms with van der Waals surface area (Å²) in [4.78, 5) is 24.6. The first-order valence-electron chi connectivity index (χ1n) is 6.23. The van der Waals surface area contributed by atoms with Gasteiger partial charge < -0.3 is 9.64 Å². The Kier molecular flexibility index (Phi) is 4.60. The van der Waals surface area contributed by atoms with Crippen LogP contribution in [0.15, 0.2) is 42.5 Å². The second kappa shape index (κ2) is 6.41. The Morgan fingerprint density at radius 3 is 2.43 bits per heavy atom. The SMILES string of the molecule is COc1ccc(Cl)cc1C(=O)c1ccc(N(C)C=O)cc1. The number of anilines is 1. The van der Waals surface area contributed by atoms with Gasteiger partial charge in [-0.3, -0.25) is 9.59 Å². The van der Waals surface area contributed by atoms with Crippen molar-refractivity contribution in [2.75, 3.05) is 19.1 Å². The van der Waals surface area contributed by atoms with Gasteiger partial charge in [0.15, 0.2) is 5.78 Å². The van der Waals surface area contributed by atoms with Crippen molar-refractivity contribution in [2.24, 2.45) is 0 Å². The molecule has 2 rings (SSSR count). The van der Waals surface area contributed by atoms with Crippen LogP contribution in [0.4, 0.5) is 5.69 Å². The van der Waals surface area contributed by atoms with Crippen LogP contribution in [0.3, 0.4) is 0 Å². The van der Waals surface area contributed by atoms with Crippen molar-refractivity contribution >= 4 is 29.5 Å². The van der Waals surface area contributed by atoms with Gasteiger partial charge in [-0.1, -0.05) is 11.6 Å². The second-order valence-corrected chi connectivity index (χ2v) is 4.87. The van der Waals surface area contributed by atoms with Crippen LogP contribution in [0.5, 0.6) is 5.75 Å². The largest absolute Gasteiger partial charge is 0.496 e. The third-order valence-electron chi connectivity index (χ3n) is 3.10. The molecule has 2 aromatic rings. The quantitative estimate of drug-likeness (QED) is 0.629. The van der Waals surface area contributed by atoms with Gasteiger partial charge in [-0.25, -0.2) is 0 Å². The lowest BCUT2D eigenvalue weighted by Crippen LogP contribution is -2.13. The molecule has 108 valence electrons. The monoisotopic (exact) mass is 303 g/mol. The van der Waals surface area contributed by atoms with Gasteiger partial charge in [-0.2, -0.15) is 0 Å². The molecule has 0 unspecified atom stereocenters. The summed E-state index contributed by atoms with van der Waals surface area (Å²) in [5, 5.41) is 0.469. The summed E-state index contributed by atoms with van der Waals surface area (Å²) < 4.78 is 5.19. The highest BCUT2D eigenvalue weighted by molar-refractivity contribution is 6.31. The van der Waals surface area contributed by atoms with E-state index in [1.807, 2.05) is 0 Å². The number of ketones is 1. The van der Waals surface area contributed by atoms with Crippen molar-refractivity contribution < 1.29 is 14.3 Å². The molecule has 0 saturated carbocycles. The van der Waals surface area contributed by atoms with Crippen LogP contribution in [-0.2, 0) is 4.79 Å². The minimum absolute atomic E-state index is 0.186. The predicted octanol–water partition coefficient (Wildman–Crippen LogP) is 3.17. The molecule has 0 atom stereocenters.